The van der Waals surface area contributed by atoms with Gasteiger partial charge in [-0.1, -0.05) is 42.3 Å². The molecule has 2 N–H and O–H groups in total. The molecular weight excluding hydrogens is 272 g/mol. The minimum absolute atomic E-state index is 0.247. The molecule has 3 rings (SSSR count). The number of rotatable bonds is 3. The van der Waals surface area contributed by atoms with Crippen molar-refractivity contribution in [2.45, 2.75) is 6.42 Å². The van der Waals surface area contributed by atoms with Crippen LogP contribution in [0, 0.1) is 11.8 Å². The van der Waals surface area contributed by atoms with Crippen molar-refractivity contribution in [2.75, 3.05) is 6.54 Å². The van der Waals surface area contributed by atoms with E-state index in [0.717, 1.165) is 17.5 Å². The van der Waals surface area contributed by atoms with Crippen molar-refractivity contribution in [2.24, 2.45) is 0 Å². The highest BCUT2D eigenvalue weighted by Gasteiger charge is 2.03. The second-order valence-electron chi connectivity index (χ2n) is 4.98. The first-order valence-electron chi connectivity index (χ1n) is 7.23. The Morgan fingerprint density at radius 2 is 1.82 bits per heavy atom. The summed E-state index contributed by atoms with van der Waals surface area (Å²) in [5.74, 6) is 5.21. The zero-order valence-corrected chi connectivity index (χ0v) is 12.1. The van der Waals surface area contributed by atoms with Crippen molar-refractivity contribution in [1.29, 1.82) is 0 Å². The molecule has 0 unspecified atom stereocenters. The summed E-state index contributed by atoms with van der Waals surface area (Å²) in [7, 11) is 0. The molecule has 1 aromatic heterocycles. The molecule has 3 aromatic rings. The van der Waals surface area contributed by atoms with Crippen LogP contribution >= 0.6 is 0 Å². The Labute approximate surface area is 129 Å². The number of carbonyl (C=O) groups is 1. The lowest BCUT2D eigenvalue weighted by atomic mass is 10.1. The van der Waals surface area contributed by atoms with Crippen LogP contribution in [-0.2, 0) is 11.2 Å². The highest BCUT2D eigenvalue weighted by Crippen LogP contribution is 2.17. The summed E-state index contributed by atoms with van der Waals surface area (Å²) in [6, 6.07) is 17.6. The quantitative estimate of drug-likeness (QED) is 0.715. The molecule has 0 radical (unpaired) electrons. The van der Waals surface area contributed by atoms with Crippen LogP contribution in [0.5, 0.6) is 0 Å². The maximum Gasteiger partial charge on any atom is 0.296 e. The summed E-state index contributed by atoms with van der Waals surface area (Å²) in [5, 5.41) is 4.03. The van der Waals surface area contributed by atoms with E-state index in [1.165, 1.54) is 10.9 Å². The normalized spacial score (nSPS) is 10.0. The van der Waals surface area contributed by atoms with Gasteiger partial charge in [0.25, 0.3) is 5.91 Å². The Morgan fingerprint density at radius 1 is 1.05 bits per heavy atom. The van der Waals surface area contributed by atoms with Crippen molar-refractivity contribution in [1.82, 2.24) is 10.3 Å². The Balaban J connectivity index is 1.55. The van der Waals surface area contributed by atoms with Gasteiger partial charge in [0.15, 0.2) is 0 Å². The molecule has 3 nitrogen and oxygen atoms in total. The van der Waals surface area contributed by atoms with Gasteiger partial charge in [0.05, 0.1) is 0 Å². The minimum Gasteiger partial charge on any atom is -0.361 e. The molecule has 22 heavy (non-hydrogen) atoms. The number of hydrogen-bond donors (Lipinski definition) is 2. The number of aromatic nitrogens is 1. The topological polar surface area (TPSA) is 44.9 Å². The van der Waals surface area contributed by atoms with Crippen molar-refractivity contribution in [3.63, 3.8) is 0 Å². The molecule has 1 amide bonds. The molecule has 0 fully saturated rings. The van der Waals surface area contributed by atoms with E-state index in [1.54, 1.807) is 0 Å². The zero-order valence-electron chi connectivity index (χ0n) is 12.1. The standard InChI is InChI=1S/C19H16N2O/c22-19(11-10-15-6-2-1-3-7-15)20-13-12-16-14-21-18-9-5-4-8-17(16)18/h1-9,14,21H,12-13H2,(H,20,22). The van der Waals surface area contributed by atoms with E-state index >= 15 is 0 Å². The van der Waals surface area contributed by atoms with Crippen LogP contribution in [-0.4, -0.2) is 17.4 Å². The number of nitrogens with one attached hydrogen (secondary N) is 2. The van der Waals surface area contributed by atoms with Gasteiger partial charge in [0.2, 0.25) is 0 Å². The molecule has 0 saturated carbocycles. The van der Waals surface area contributed by atoms with Gasteiger partial charge in [-0.25, -0.2) is 0 Å². The first-order chi connectivity index (χ1) is 10.8. The summed E-state index contributed by atoms with van der Waals surface area (Å²) >= 11 is 0. The van der Waals surface area contributed by atoms with E-state index in [1.807, 2.05) is 54.7 Å². The molecule has 0 aliphatic carbocycles. The third-order valence-electron chi connectivity index (χ3n) is 3.45. The summed E-state index contributed by atoms with van der Waals surface area (Å²) in [4.78, 5) is 14.9. The van der Waals surface area contributed by atoms with E-state index in [0.29, 0.717) is 6.54 Å². The number of amides is 1. The number of benzene rings is 2. The van der Waals surface area contributed by atoms with E-state index in [4.69, 9.17) is 0 Å². The van der Waals surface area contributed by atoms with Crippen LogP contribution in [0.25, 0.3) is 10.9 Å². The Hall–Kier alpha value is -2.99. The van der Waals surface area contributed by atoms with Crippen LogP contribution < -0.4 is 5.32 Å². The number of aromatic amines is 1. The SMILES string of the molecule is O=C(C#Cc1ccccc1)NCCc1c[nH]c2ccccc12. The third kappa shape index (κ3) is 3.36. The lowest BCUT2D eigenvalue weighted by Crippen LogP contribution is -2.23. The van der Waals surface area contributed by atoms with Gasteiger partial charge >= 0.3 is 0 Å². The second-order valence-corrected chi connectivity index (χ2v) is 4.98. The maximum absolute atomic E-state index is 11.7. The summed E-state index contributed by atoms with van der Waals surface area (Å²) < 4.78 is 0. The predicted octanol–water partition coefficient (Wildman–Crippen LogP) is 2.88. The smallest absolute Gasteiger partial charge is 0.296 e. The Morgan fingerprint density at radius 3 is 2.68 bits per heavy atom. The Kier molecular flexibility index (Phi) is 4.22. The molecule has 0 aliphatic rings. The van der Waals surface area contributed by atoms with E-state index in [2.05, 4.69) is 28.2 Å². The fourth-order valence-electron chi connectivity index (χ4n) is 2.34. The molecule has 1 heterocycles. The number of fused-ring (bicyclic) bond motifs is 1. The molecule has 0 aliphatic heterocycles. The summed E-state index contributed by atoms with van der Waals surface area (Å²) in [6.07, 6.45) is 2.77. The molecule has 2 aromatic carbocycles. The third-order valence-corrected chi connectivity index (χ3v) is 3.45. The summed E-state index contributed by atoms with van der Waals surface area (Å²) in [5.41, 5.74) is 3.16. The largest absolute Gasteiger partial charge is 0.361 e. The van der Waals surface area contributed by atoms with Crippen LogP contribution in [0.2, 0.25) is 0 Å². The predicted molar refractivity (Wildman–Crippen MR) is 88.3 cm³/mol. The highest BCUT2D eigenvalue weighted by molar-refractivity contribution is 5.94. The van der Waals surface area contributed by atoms with E-state index in [9.17, 15) is 4.79 Å². The van der Waals surface area contributed by atoms with Crippen LogP contribution in [0.15, 0.2) is 60.8 Å². The van der Waals surface area contributed by atoms with Crippen molar-refractivity contribution < 1.29 is 4.79 Å². The Bertz CT molecular complexity index is 838. The fraction of sp³-hybridized carbons (Fsp3) is 0.105. The van der Waals surface area contributed by atoms with E-state index in [-0.39, 0.29) is 5.91 Å². The molecule has 3 heteroatoms. The highest BCUT2D eigenvalue weighted by atomic mass is 16.1. The minimum atomic E-state index is -0.247. The van der Waals surface area contributed by atoms with Gasteiger partial charge in [-0.15, -0.1) is 0 Å². The molecule has 0 bridgehead atoms. The summed E-state index contributed by atoms with van der Waals surface area (Å²) in [6.45, 7) is 0.574. The van der Waals surface area contributed by atoms with Gasteiger partial charge in [-0.05, 0) is 30.2 Å². The molecule has 0 saturated heterocycles. The second kappa shape index (κ2) is 6.64. The lowest BCUT2D eigenvalue weighted by Gasteiger charge is -2.00. The van der Waals surface area contributed by atoms with Gasteiger partial charge in [-0.3, -0.25) is 4.79 Å². The van der Waals surface area contributed by atoms with Gasteiger partial charge < -0.3 is 10.3 Å². The van der Waals surface area contributed by atoms with Crippen molar-refractivity contribution in [3.8, 4) is 11.8 Å². The number of carbonyl (C=O) groups excluding carboxylic acids is 1. The zero-order chi connectivity index (χ0) is 15.2. The molecular formula is C19H16N2O. The molecule has 108 valence electrons. The number of hydrogen-bond acceptors (Lipinski definition) is 1. The van der Waals surface area contributed by atoms with Crippen molar-refractivity contribution in [3.05, 3.63) is 71.9 Å². The monoisotopic (exact) mass is 288 g/mol. The average molecular weight is 288 g/mol. The number of H-pyrrole nitrogens is 1. The fourth-order valence-corrected chi connectivity index (χ4v) is 2.34. The van der Waals surface area contributed by atoms with Gasteiger partial charge in [0.1, 0.15) is 0 Å². The number of para-hydroxylation sites is 1. The molecule has 0 spiro atoms. The van der Waals surface area contributed by atoms with E-state index < -0.39 is 0 Å². The average Bonchev–Trinajstić information content (AvgIpc) is 2.97. The first kappa shape index (κ1) is 14.0. The van der Waals surface area contributed by atoms with Gasteiger partial charge in [0, 0.05) is 35.1 Å². The lowest BCUT2D eigenvalue weighted by molar-refractivity contribution is -0.115. The van der Waals surface area contributed by atoms with Crippen molar-refractivity contribution >= 4 is 16.8 Å². The molecule has 0 atom stereocenters. The van der Waals surface area contributed by atoms with Crippen LogP contribution in [0.4, 0.5) is 0 Å². The van der Waals surface area contributed by atoms with Crippen LogP contribution in [0.3, 0.4) is 0 Å². The maximum atomic E-state index is 11.7. The van der Waals surface area contributed by atoms with Crippen LogP contribution in [0.1, 0.15) is 11.1 Å². The van der Waals surface area contributed by atoms with Gasteiger partial charge in [-0.2, -0.15) is 0 Å². The first-order valence-corrected chi connectivity index (χ1v) is 7.23.